The molecule has 1 aromatic heterocycles. The van der Waals surface area contributed by atoms with Crippen LogP contribution in [0.5, 0.6) is 0 Å². The number of pyridine rings is 1. The molecule has 20 heavy (non-hydrogen) atoms. The third-order valence-electron chi connectivity index (χ3n) is 3.05. The van der Waals surface area contributed by atoms with Crippen LogP contribution in [0.15, 0.2) is 18.3 Å². The second-order valence-electron chi connectivity index (χ2n) is 4.92. The van der Waals surface area contributed by atoms with Crippen molar-refractivity contribution in [2.24, 2.45) is 0 Å². The molecule has 0 saturated heterocycles. The summed E-state index contributed by atoms with van der Waals surface area (Å²) in [5, 5.41) is 0. The topological polar surface area (TPSA) is 12.9 Å². The Balaban J connectivity index is 2.58. The Morgan fingerprint density at radius 1 is 0.900 bits per heavy atom. The van der Waals surface area contributed by atoms with E-state index < -0.39 is 0 Å². The van der Waals surface area contributed by atoms with E-state index in [2.05, 4.69) is 42.5 Å². The van der Waals surface area contributed by atoms with E-state index >= 15 is 0 Å². The highest BCUT2D eigenvalue weighted by Gasteiger charge is 1.95. The molecule has 1 heterocycles. The van der Waals surface area contributed by atoms with Gasteiger partial charge in [0.25, 0.3) is 0 Å². The summed E-state index contributed by atoms with van der Waals surface area (Å²) in [5.74, 6) is 12.8. The van der Waals surface area contributed by atoms with Crippen molar-refractivity contribution >= 4 is 0 Å². The fourth-order valence-corrected chi connectivity index (χ4v) is 1.84. The van der Waals surface area contributed by atoms with Gasteiger partial charge in [0.2, 0.25) is 0 Å². The van der Waals surface area contributed by atoms with Crippen molar-refractivity contribution in [3.05, 3.63) is 29.6 Å². The first-order valence-electron chi connectivity index (χ1n) is 7.81. The minimum Gasteiger partial charge on any atom is -0.246 e. The molecule has 0 radical (unpaired) electrons. The van der Waals surface area contributed by atoms with Gasteiger partial charge in [0.05, 0.1) is 5.56 Å². The number of rotatable bonds is 6. The van der Waals surface area contributed by atoms with Gasteiger partial charge in [-0.3, -0.25) is 0 Å². The standard InChI is InChI=1S/C19H25N/c1-3-5-7-9-11-14-18-15-13-17-20-19(18)16-12-10-8-6-4-2/h13,15,17H,3-10H2,1-2H3. The zero-order valence-electron chi connectivity index (χ0n) is 12.8. The highest BCUT2D eigenvalue weighted by atomic mass is 14.7. The van der Waals surface area contributed by atoms with Crippen molar-refractivity contribution in [1.82, 2.24) is 4.98 Å². The molecule has 0 atom stereocenters. The molecule has 0 saturated carbocycles. The van der Waals surface area contributed by atoms with Crippen molar-refractivity contribution in [2.45, 2.75) is 65.2 Å². The fourth-order valence-electron chi connectivity index (χ4n) is 1.84. The number of aromatic nitrogens is 1. The molecular formula is C19H25N. The molecular weight excluding hydrogens is 242 g/mol. The molecule has 1 aromatic rings. The summed E-state index contributed by atoms with van der Waals surface area (Å²) < 4.78 is 0. The van der Waals surface area contributed by atoms with Crippen LogP contribution in [0.25, 0.3) is 0 Å². The van der Waals surface area contributed by atoms with Crippen LogP contribution >= 0.6 is 0 Å². The predicted octanol–water partition coefficient (Wildman–Crippen LogP) is 4.95. The molecule has 0 amide bonds. The van der Waals surface area contributed by atoms with E-state index in [0.717, 1.165) is 24.1 Å². The molecule has 1 nitrogen and oxygen atoms in total. The first-order valence-corrected chi connectivity index (χ1v) is 7.81. The van der Waals surface area contributed by atoms with Gasteiger partial charge in [-0.25, -0.2) is 4.98 Å². The van der Waals surface area contributed by atoms with Gasteiger partial charge >= 0.3 is 0 Å². The molecule has 1 rings (SSSR count). The summed E-state index contributed by atoms with van der Waals surface area (Å²) in [5.41, 5.74) is 1.79. The second-order valence-corrected chi connectivity index (χ2v) is 4.92. The lowest BCUT2D eigenvalue weighted by Gasteiger charge is -1.94. The quantitative estimate of drug-likeness (QED) is 0.525. The fraction of sp³-hybridized carbons (Fsp3) is 0.526. The van der Waals surface area contributed by atoms with Crippen molar-refractivity contribution in [2.75, 3.05) is 0 Å². The lowest BCUT2D eigenvalue weighted by molar-refractivity contribution is 0.737. The lowest BCUT2D eigenvalue weighted by atomic mass is 10.1. The second kappa shape index (κ2) is 11.1. The first-order chi connectivity index (χ1) is 9.88. The molecule has 0 aromatic carbocycles. The van der Waals surface area contributed by atoms with Crippen molar-refractivity contribution in [1.29, 1.82) is 0 Å². The van der Waals surface area contributed by atoms with E-state index in [1.165, 1.54) is 38.5 Å². The normalized spacial score (nSPS) is 9.30. The van der Waals surface area contributed by atoms with Gasteiger partial charge in [-0.05, 0) is 30.9 Å². The molecule has 106 valence electrons. The molecule has 0 aliphatic carbocycles. The molecule has 0 bridgehead atoms. The van der Waals surface area contributed by atoms with Gasteiger partial charge in [0.1, 0.15) is 5.69 Å². The average molecular weight is 267 g/mol. The Hall–Kier alpha value is -1.73. The molecule has 1 heteroatoms. The highest BCUT2D eigenvalue weighted by Crippen LogP contribution is 2.04. The summed E-state index contributed by atoms with van der Waals surface area (Å²) in [6, 6.07) is 3.94. The van der Waals surface area contributed by atoms with Gasteiger partial charge in [-0.2, -0.15) is 0 Å². The van der Waals surface area contributed by atoms with Crippen molar-refractivity contribution < 1.29 is 0 Å². The van der Waals surface area contributed by atoms with Crippen LogP contribution in [0.2, 0.25) is 0 Å². The monoisotopic (exact) mass is 267 g/mol. The molecule has 0 aliphatic heterocycles. The van der Waals surface area contributed by atoms with Crippen LogP contribution in [0, 0.1) is 23.7 Å². The van der Waals surface area contributed by atoms with Gasteiger partial charge in [-0.1, -0.05) is 57.3 Å². The minimum atomic E-state index is 0.826. The Morgan fingerprint density at radius 3 is 2.20 bits per heavy atom. The number of hydrogen-bond acceptors (Lipinski definition) is 1. The van der Waals surface area contributed by atoms with Crippen LogP contribution in [-0.4, -0.2) is 4.98 Å². The van der Waals surface area contributed by atoms with Gasteiger partial charge in [0, 0.05) is 19.0 Å². The molecule has 0 fully saturated rings. The van der Waals surface area contributed by atoms with Crippen LogP contribution in [0.4, 0.5) is 0 Å². The summed E-state index contributed by atoms with van der Waals surface area (Å²) >= 11 is 0. The Kier molecular flexibility index (Phi) is 9.08. The minimum absolute atomic E-state index is 0.826. The number of hydrogen-bond donors (Lipinski definition) is 0. The summed E-state index contributed by atoms with van der Waals surface area (Å²) in [6.45, 7) is 4.42. The third-order valence-corrected chi connectivity index (χ3v) is 3.05. The van der Waals surface area contributed by atoms with Crippen LogP contribution in [0.1, 0.15) is 76.5 Å². The van der Waals surface area contributed by atoms with E-state index in [9.17, 15) is 0 Å². The highest BCUT2D eigenvalue weighted by molar-refractivity contribution is 5.45. The SMILES string of the molecule is CCCCCC#Cc1cccnc1C#CCCCCC. The van der Waals surface area contributed by atoms with E-state index in [1.54, 1.807) is 6.20 Å². The van der Waals surface area contributed by atoms with E-state index in [1.807, 2.05) is 12.1 Å². The zero-order chi connectivity index (χ0) is 14.5. The lowest BCUT2D eigenvalue weighted by Crippen LogP contribution is -1.87. The Bertz CT molecular complexity index is 447. The first kappa shape index (κ1) is 16.3. The largest absolute Gasteiger partial charge is 0.246 e. The predicted molar refractivity (Wildman–Crippen MR) is 86.3 cm³/mol. The molecule has 0 N–H and O–H groups in total. The summed E-state index contributed by atoms with van der Waals surface area (Å²) in [4.78, 5) is 4.34. The average Bonchev–Trinajstić information content (AvgIpc) is 2.48. The van der Waals surface area contributed by atoms with E-state index in [-0.39, 0.29) is 0 Å². The van der Waals surface area contributed by atoms with Crippen molar-refractivity contribution in [3.63, 3.8) is 0 Å². The Labute approximate surface area is 124 Å². The maximum absolute atomic E-state index is 4.34. The summed E-state index contributed by atoms with van der Waals surface area (Å²) in [7, 11) is 0. The smallest absolute Gasteiger partial charge is 0.128 e. The number of unbranched alkanes of at least 4 members (excludes halogenated alkanes) is 6. The molecule has 0 spiro atoms. The van der Waals surface area contributed by atoms with Gasteiger partial charge in [0.15, 0.2) is 0 Å². The van der Waals surface area contributed by atoms with Crippen LogP contribution in [0.3, 0.4) is 0 Å². The van der Waals surface area contributed by atoms with Gasteiger partial charge in [-0.15, -0.1) is 0 Å². The van der Waals surface area contributed by atoms with E-state index in [0.29, 0.717) is 0 Å². The maximum Gasteiger partial charge on any atom is 0.128 e. The van der Waals surface area contributed by atoms with Crippen LogP contribution in [-0.2, 0) is 0 Å². The Morgan fingerprint density at radius 2 is 1.55 bits per heavy atom. The van der Waals surface area contributed by atoms with E-state index in [4.69, 9.17) is 0 Å². The van der Waals surface area contributed by atoms with Crippen LogP contribution < -0.4 is 0 Å². The summed E-state index contributed by atoms with van der Waals surface area (Å²) in [6.07, 6.45) is 11.0. The molecule has 0 unspecified atom stereocenters. The number of nitrogens with zero attached hydrogens (tertiary/aromatic N) is 1. The van der Waals surface area contributed by atoms with Gasteiger partial charge < -0.3 is 0 Å². The third kappa shape index (κ3) is 7.01. The maximum atomic E-state index is 4.34. The van der Waals surface area contributed by atoms with Crippen molar-refractivity contribution in [3.8, 4) is 23.7 Å². The zero-order valence-corrected chi connectivity index (χ0v) is 12.8. The molecule has 0 aliphatic rings.